The van der Waals surface area contributed by atoms with Gasteiger partial charge in [-0.3, -0.25) is 9.78 Å². The molecule has 1 N–H and O–H groups in total. The van der Waals surface area contributed by atoms with Crippen molar-refractivity contribution < 1.29 is 4.79 Å². The summed E-state index contributed by atoms with van der Waals surface area (Å²) in [6.45, 7) is 1.80. The van der Waals surface area contributed by atoms with E-state index in [9.17, 15) is 4.79 Å². The fraction of sp³-hybridized carbons (Fsp3) is 0.250. The SMILES string of the molecule is O=C(Cc1cncc(Br)c1)c1cccc2c1CCNC2. The number of Topliss-reactive ketones (excluding diaryl/α,β-unsaturated/α-hetero) is 1. The minimum absolute atomic E-state index is 0.170. The molecule has 0 atom stereocenters. The standard InChI is InChI=1S/C16H15BrN2O/c17-13-6-11(8-19-10-13)7-16(20)15-3-1-2-12-9-18-5-4-14(12)15/h1-3,6,8,10,18H,4-5,7,9H2. The van der Waals surface area contributed by atoms with Crippen LogP contribution in [0.25, 0.3) is 0 Å². The number of pyridine rings is 1. The van der Waals surface area contributed by atoms with E-state index in [0.717, 1.165) is 35.1 Å². The second-order valence-electron chi connectivity index (χ2n) is 4.98. The Morgan fingerprint density at radius 3 is 3.10 bits per heavy atom. The quantitative estimate of drug-likeness (QED) is 0.880. The molecule has 0 fully saturated rings. The molecular weight excluding hydrogens is 316 g/mol. The smallest absolute Gasteiger partial charge is 0.167 e. The van der Waals surface area contributed by atoms with E-state index in [1.54, 1.807) is 12.4 Å². The van der Waals surface area contributed by atoms with Gasteiger partial charge in [-0.2, -0.15) is 0 Å². The van der Waals surface area contributed by atoms with E-state index in [1.165, 1.54) is 11.1 Å². The molecule has 0 aliphatic carbocycles. The Bertz CT molecular complexity index is 655. The summed E-state index contributed by atoms with van der Waals surface area (Å²) >= 11 is 3.39. The summed E-state index contributed by atoms with van der Waals surface area (Å²) in [5.41, 5.74) is 4.26. The van der Waals surface area contributed by atoms with Gasteiger partial charge in [0.1, 0.15) is 0 Å². The summed E-state index contributed by atoms with van der Waals surface area (Å²) in [6, 6.07) is 7.96. The molecule has 0 saturated heterocycles. The van der Waals surface area contributed by atoms with Crippen molar-refractivity contribution in [1.82, 2.24) is 10.3 Å². The summed E-state index contributed by atoms with van der Waals surface area (Å²) in [5.74, 6) is 0.170. The lowest BCUT2D eigenvalue weighted by atomic mass is 9.91. The number of carbonyl (C=O) groups excluding carboxylic acids is 1. The molecule has 2 heterocycles. The third-order valence-corrected chi connectivity index (χ3v) is 4.00. The van der Waals surface area contributed by atoms with Gasteiger partial charge in [-0.25, -0.2) is 0 Å². The molecule has 1 aliphatic rings. The third-order valence-electron chi connectivity index (χ3n) is 3.57. The van der Waals surface area contributed by atoms with Crippen LogP contribution in [0.2, 0.25) is 0 Å². The molecule has 0 spiro atoms. The lowest BCUT2D eigenvalue weighted by molar-refractivity contribution is 0.0991. The van der Waals surface area contributed by atoms with E-state index >= 15 is 0 Å². The van der Waals surface area contributed by atoms with Gasteiger partial charge in [0.2, 0.25) is 0 Å². The average molecular weight is 331 g/mol. The normalized spacial score (nSPS) is 13.8. The summed E-state index contributed by atoms with van der Waals surface area (Å²) in [4.78, 5) is 16.6. The summed E-state index contributed by atoms with van der Waals surface area (Å²) in [7, 11) is 0. The molecule has 1 aromatic heterocycles. The fourth-order valence-electron chi connectivity index (χ4n) is 2.63. The van der Waals surface area contributed by atoms with Crippen LogP contribution in [0.3, 0.4) is 0 Å². The number of ketones is 1. The van der Waals surface area contributed by atoms with Crippen LogP contribution in [0.5, 0.6) is 0 Å². The summed E-state index contributed by atoms with van der Waals surface area (Å²) in [5, 5.41) is 3.34. The van der Waals surface area contributed by atoms with Gasteiger partial charge in [0, 0.05) is 35.4 Å². The van der Waals surface area contributed by atoms with Gasteiger partial charge in [0.05, 0.1) is 0 Å². The molecule has 2 aromatic rings. The van der Waals surface area contributed by atoms with Gasteiger partial charge in [-0.05, 0) is 51.7 Å². The predicted molar refractivity (Wildman–Crippen MR) is 81.8 cm³/mol. The molecule has 0 radical (unpaired) electrons. The molecule has 0 unspecified atom stereocenters. The molecule has 1 aromatic carbocycles. The lowest BCUT2D eigenvalue weighted by Gasteiger charge is -2.19. The van der Waals surface area contributed by atoms with Crippen molar-refractivity contribution in [1.29, 1.82) is 0 Å². The molecule has 102 valence electrons. The zero-order valence-electron chi connectivity index (χ0n) is 11.0. The average Bonchev–Trinajstić information content (AvgIpc) is 2.46. The maximum absolute atomic E-state index is 12.5. The minimum atomic E-state index is 0.170. The van der Waals surface area contributed by atoms with Crippen molar-refractivity contribution in [3.8, 4) is 0 Å². The van der Waals surface area contributed by atoms with Crippen LogP contribution in [0.1, 0.15) is 27.0 Å². The number of fused-ring (bicyclic) bond motifs is 1. The van der Waals surface area contributed by atoms with Crippen LogP contribution < -0.4 is 5.32 Å². The molecular formula is C16H15BrN2O. The van der Waals surface area contributed by atoms with Crippen molar-refractivity contribution in [3.05, 3.63) is 63.4 Å². The Morgan fingerprint density at radius 2 is 2.25 bits per heavy atom. The van der Waals surface area contributed by atoms with E-state index in [2.05, 4.69) is 32.3 Å². The van der Waals surface area contributed by atoms with Crippen LogP contribution in [0.15, 0.2) is 41.1 Å². The highest BCUT2D eigenvalue weighted by atomic mass is 79.9. The fourth-order valence-corrected chi connectivity index (χ4v) is 3.04. The number of hydrogen-bond donors (Lipinski definition) is 1. The van der Waals surface area contributed by atoms with Crippen molar-refractivity contribution in [2.45, 2.75) is 19.4 Å². The Hall–Kier alpha value is -1.52. The van der Waals surface area contributed by atoms with E-state index in [1.807, 2.05) is 18.2 Å². The highest BCUT2D eigenvalue weighted by Crippen LogP contribution is 2.21. The van der Waals surface area contributed by atoms with Crippen molar-refractivity contribution in [3.63, 3.8) is 0 Å². The number of carbonyl (C=O) groups is 1. The van der Waals surface area contributed by atoms with Crippen LogP contribution in [-0.2, 0) is 19.4 Å². The first kappa shape index (κ1) is 13.5. The molecule has 3 rings (SSSR count). The lowest BCUT2D eigenvalue weighted by Crippen LogP contribution is -2.25. The molecule has 4 heteroatoms. The van der Waals surface area contributed by atoms with Crippen molar-refractivity contribution in [2.24, 2.45) is 0 Å². The summed E-state index contributed by atoms with van der Waals surface area (Å²) < 4.78 is 0.905. The van der Waals surface area contributed by atoms with Crippen LogP contribution >= 0.6 is 15.9 Å². The number of hydrogen-bond acceptors (Lipinski definition) is 3. The number of aromatic nitrogens is 1. The van der Waals surface area contributed by atoms with Crippen molar-refractivity contribution >= 4 is 21.7 Å². The van der Waals surface area contributed by atoms with Crippen LogP contribution in [0, 0.1) is 0 Å². The molecule has 1 aliphatic heterocycles. The molecule has 0 bridgehead atoms. The molecule has 20 heavy (non-hydrogen) atoms. The number of benzene rings is 1. The first-order chi connectivity index (χ1) is 9.74. The first-order valence-corrected chi connectivity index (χ1v) is 7.47. The van der Waals surface area contributed by atoms with Crippen LogP contribution in [-0.4, -0.2) is 17.3 Å². The molecule has 0 amide bonds. The Morgan fingerprint density at radius 1 is 1.35 bits per heavy atom. The predicted octanol–water partition coefficient (Wildman–Crippen LogP) is 2.92. The highest BCUT2D eigenvalue weighted by molar-refractivity contribution is 9.10. The maximum Gasteiger partial charge on any atom is 0.167 e. The number of rotatable bonds is 3. The Balaban J connectivity index is 1.88. The second kappa shape index (κ2) is 5.85. The van der Waals surface area contributed by atoms with E-state index < -0.39 is 0 Å². The maximum atomic E-state index is 12.5. The van der Waals surface area contributed by atoms with Crippen molar-refractivity contribution in [2.75, 3.05) is 6.54 Å². The second-order valence-corrected chi connectivity index (χ2v) is 5.90. The number of nitrogens with one attached hydrogen (secondary N) is 1. The Labute approximate surface area is 126 Å². The van der Waals surface area contributed by atoms with Gasteiger partial charge in [0.15, 0.2) is 5.78 Å². The van der Waals surface area contributed by atoms with Gasteiger partial charge in [0.25, 0.3) is 0 Å². The largest absolute Gasteiger partial charge is 0.312 e. The van der Waals surface area contributed by atoms with Gasteiger partial charge in [-0.1, -0.05) is 18.2 Å². The van der Waals surface area contributed by atoms with Crippen LogP contribution in [0.4, 0.5) is 0 Å². The number of halogens is 1. The van der Waals surface area contributed by atoms with Gasteiger partial charge in [-0.15, -0.1) is 0 Å². The minimum Gasteiger partial charge on any atom is -0.312 e. The Kier molecular flexibility index (Phi) is 3.94. The first-order valence-electron chi connectivity index (χ1n) is 6.68. The zero-order chi connectivity index (χ0) is 13.9. The summed E-state index contributed by atoms with van der Waals surface area (Å²) in [6.07, 6.45) is 4.80. The van der Waals surface area contributed by atoms with Gasteiger partial charge < -0.3 is 5.32 Å². The van der Waals surface area contributed by atoms with E-state index in [4.69, 9.17) is 0 Å². The molecule has 3 nitrogen and oxygen atoms in total. The third kappa shape index (κ3) is 2.81. The van der Waals surface area contributed by atoms with Gasteiger partial charge >= 0.3 is 0 Å². The van der Waals surface area contributed by atoms with E-state index in [0.29, 0.717) is 6.42 Å². The zero-order valence-corrected chi connectivity index (χ0v) is 12.6. The monoisotopic (exact) mass is 330 g/mol. The van der Waals surface area contributed by atoms with E-state index in [-0.39, 0.29) is 5.78 Å². The topological polar surface area (TPSA) is 42.0 Å². The highest BCUT2D eigenvalue weighted by Gasteiger charge is 2.17. The molecule has 0 saturated carbocycles. The number of nitrogens with zero attached hydrogens (tertiary/aromatic N) is 1.